The smallest absolute Gasteiger partial charge is 0.0684 e. The van der Waals surface area contributed by atoms with Crippen LogP contribution >= 0.6 is 0 Å². The topological polar surface area (TPSA) is 20.2 Å². The molecule has 0 saturated heterocycles. The van der Waals surface area contributed by atoms with Crippen LogP contribution in [0.15, 0.2) is 24.3 Å². The minimum atomic E-state index is 0.146. The van der Waals surface area contributed by atoms with E-state index in [0.717, 1.165) is 11.1 Å². The number of hydrogen-bond donors (Lipinski definition) is 1. The molecule has 0 unspecified atom stereocenters. The Morgan fingerprint density at radius 3 is 2.09 bits per heavy atom. The number of aryl methyl sites for hydroxylation is 1. The molecule has 1 heteroatoms. The second-order valence-corrected chi connectivity index (χ2v) is 2.08. The molecule has 1 aromatic carbocycles. The lowest BCUT2D eigenvalue weighted by atomic mass is 10.1. The van der Waals surface area contributed by atoms with Gasteiger partial charge in [-0.1, -0.05) is 38.1 Å². The monoisotopic (exact) mass is 152 g/mol. The Hall–Kier alpha value is -0.820. The van der Waals surface area contributed by atoms with E-state index >= 15 is 0 Å². The molecule has 0 aliphatic heterocycles. The van der Waals surface area contributed by atoms with Crippen LogP contribution in [0.1, 0.15) is 25.0 Å². The lowest BCUT2D eigenvalue weighted by molar-refractivity contribution is 0.281. The average Bonchev–Trinajstić information content (AvgIpc) is 2.09. The van der Waals surface area contributed by atoms with E-state index in [4.69, 9.17) is 5.11 Å². The first-order valence-corrected chi connectivity index (χ1v) is 4.00. The van der Waals surface area contributed by atoms with Gasteiger partial charge in [0.2, 0.25) is 0 Å². The Labute approximate surface area is 68.7 Å². The van der Waals surface area contributed by atoms with Crippen molar-refractivity contribution in [3.63, 3.8) is 0 Å². The van der Waals surface area contributed by atoms with Gasteiger partial charge >= 0.3 is 0 Å². The first kappa shape index (κ1) is 10.2. The van der Waals surface area contributed by atoms with Crippen molar-refractivity contribution in [2.45, 2.75) is 27.4 Å². The largest absolute Gasteiger partial charge is 0.392 e. The van der Waals surface area contributed by atoms with Crippen LogP contribution in [0.25, 0.3) is 0 Å². The predicted octanol–water partition coefficient (Wildman–Crippen LogP) is 2.51. The number of benzene rings is 1. The van der Waals surface area contributed by atoms with Gasteiger partial charge in [0.1, 0.15) is 0 Å². The van der Waals surface area contributed by atoms with E-state index in [9.17, 15) is 0 Å². The van der Waals surface area contributed by atoms with Gasteiger partial charge in [0.05, 0.1) is 6.61 Å². The summed E-state index contributed by atoms with van der Waals surface area (Å²) in [5.74, 6) is 0. The van der Waals surface area contributed by atoms with Crippen LogP contribution in [0.5, 0.6) is 0 Å². The van der Waals surface area contributed by atoms with E-state index in [1.807, 2.05) is 45.0 Å². The minimum Gasteiger partial charge on any atom is -0.392 e. The fourth-order valence-corrected chi connectivity index (χ4v) is 0.787. The fraction of sp³-hybridized carbons (Fsp3) is 0.400. The summed E-state index contributed by atoms with van der Waals surface area (Å²) in [5.41, 5.74) is 2.16. The SMILES string of the molecule is CC.Cc1ccccc1CO. The van der Waals surface area contributed by atoms with Crippen LogP contribution in [0.4, 0.5) is 0 Å². The molecule has 0 amide bonds. The van der Waals surface area contributed by atoms with Gasteiger partial charge in [0.25, 0.3) is 0 Å². The standard InChI is InChI=1S/C8H10O.C2H6/c1-7-4-2-3-5-8(7)6-9;1-2/h2-5,9H,6H2,1H3;1-2H3. The molecule has 0 saturated carbocycles. The normalized spacial score (nSPS) is 8.36. The Morgan fingerprint density at radius 2 is 1.73 bits per heavy atom. The van der Waals surface area contributed by atoms with Gasteiger partial charge in [-0.25, -0.2) is 0 Å². The number of rotatable bonds is 1. The van der Waals surface area contributed by atoms with Crippen molar-refractivity contribution < 1.29 is 5.11 Å². The van der Waals surface area contributed by atoms with Gasteiger partial charge in [0, 0.05) is 0 Å². The van der Waals surface area contributed by atoms with Crippen LogP contribution in [-0.4, -0.2) is 5.11 Å². The molecule has 0 aliphatic rings. The van der Waals surface area contributed by atoms with Crippen molar-refractivity contribution in [2.24, 2.45) is 0 Å². The highest BCUT2D eigenvalue weighted by Crippen LogP contribution is 2.05. The molecule has 0 aromatic heterocycles. The van der Waals surface area contributed by atoms with Crippen molar-refractivity contribution in [1.29, 1.82) is 0 Å². The zero-order chi connectivity index (χ0) is 8.69. The summed E-state index contributed by atoms with van der Waals surface area (Å²) in [6.45, 7) is 6.14. The summed E-state index contributed by atoms with van der Waals surface area (Å²) in [6, 6.07) is 7.81. The third-order valence-electron chi connectivity index (χ3n) is 1.43. The van der Waals surface area contributed by atoms with Crippen LogP contribution < -0.4 is 0 Å². The van der Waals surface area contributed by atoms with Gasteiger partial charge < -0.3 is 5.11 Å². The third-order valence-corrected chi connectivity index (χ3v) is 1.43. The van der Waals surface area contributed by atoms with E-state index in [-0.39, 0.29) is 6.61 Å². The molecule has 11 heavy (non-hydrogen) atoms. The maximum absolute atomic E-state index is 8.72. The number of aliphatic hydroxyl groups is 1. The molecule has 0 radical (unpaired) electrons. The first-order valence-electron chi connectivity index (χ1n) is 4.00. The Balaban J connectivity index is 0.000000461. The molecule has 0 fully saturated rings. The van der Waals surface area contributed by atoms with Gasteiger partial charge in [-0.2, -0.15) is 0 Å². The molecule has 1 N–H and O–H groups in total. The van der Waals surface area contributed by atoms with Gasteiger partial charge in [-0.15, -0.1) is 0 Å². The predicted molar refractivity (Wildman–Crippen MR) is 48.4 cm³/mol. The number of aliphatic hydroxyl groups excluding tert-OH is 1. The minimum absolute atomic E-state index is 0.146. The molecule has 1 rings (SSSR count). The first-order chi connectivity index (χ1) is 5.34. The molecular weight excluding hydrogens is 136 g/mol. The maximum Gasteiger partial charge on any atom is 0.0684 e. The number of hydrogen-bond acceptors (Lipinski definition) is 1. The lowest BCUT2D eigenvalue weighted by Gasteiger charge is -1.97. The molecule has 0 bridgehead atoms. The Morgan fingerprint density at radius 1 is 1.18 bits per heavy atom. The second kappa shape index (κ2) is 5.93. The van der Waals surface area contributed by atoms with E-state index in [1.54, 1.807) is 0 Å². The summed E-state index contributed by atoms with van der Waals surface area (Å²) in [5, 5.41) is 8.72. The van der Waals surface area contributed by atoms with Crippen molar-refractivity contribution in [2.75, 3.05) is 0 Å². The Bertz CT molecular complexity index is 194. The van der Waals surface area contributed by atoms with Crippen molar-refractivity contribution in [3.8, 4) is 0 Å². The molecule has 62 valence electrons. The summed E-state index contributed by atoms with van der Waals surface area (Å²) >= 11 is 0. The van der Waals surface area contributed by atoms with Crippen molar-refractivity contribution >= 4 is 0 Å². The van der Waals surface area contributed by atoms with Crippen LogP contribution in [-0.2, 0) is 6.61 Å². The van der Waals surface area contributed by atoms with E-state index in [1.165, 1.54) is 0 Å². The van der Waals surface area contributed by atoms with E-state index in [0.29, 0.717) is 0 Å². The fourth-order valence-electron chi connectivity index (χ4n) is 0.787. The van der Waals surface area contributed by atoms with Gasteiger partial charge in [0.15, 0.2) is 0 Å². The zero-order valence-corrected chi connectivity index (χ0v) is 7.46. The van der Waals surface area contributed by atoms with Crippen molar-refractivity contribution in [3.05, 3.63) is 35.4 Å². The third kappa shape index (κ3) is 3.19. The maximum atomic E-state index is 8.72. The van der Waals surface area contributed by atoms with Crippen LogP contribution in [0.3, 0.4) is 0 Å². The van der Waals surface area contributed by atoms with Crippen molar-refractivity contribution in [1.82, 2.24) is 0 Å². The van der Waals surface area contributed by atoms with Crippen LogP contribution in [0.2, 0.25) is 0 Å². The average molecular weight is 152 g/mol. The van der Waals surface area contributed by atoms with E-state index < -0.39 is 0 Å². The van der Waals surface area contributed by atoms with Crippen LogP contribution in [0, 0.1) is 6.92 Å². The zero-order valence-electron chi connectivity index (χ0n) is 7.46. The molecule has 0 aliphatic carbocycles. The lowest BCUT2D eigenvalue weighted by Crippen LogP contribution is -1.85. The Kier molecular flexibility index (Phi) is 5.49. The highest BCUT2D eigenvalue weighted by Gasteiger charge is 1.90. The summed E-state index contributed by atoms with van der Waals surface area (Å²) in [4.78, 5) is 0. The molecule has 0 spiro atoms. The van der Waals surface area contributed by atoms with E-state index in [2.05, 4.69) is 0 Å². The molecule has 0 heterocycles. The summed E-state index contributed by atoms with van der Waals surface area (Å²) in [6.07, 6.45) is 0. The molecule has 1 aromatic rings. The van der Waals surface area contributed by atoms with Gasteiger partial charge in [-0.05, 0) is 18.1 Å². The highest BCUT2D eigenvalue weighted by atomic mass is 16.3. The van der Waals surface area contributed by atoms with Gasteiger partial charge in [-0.3, -0.25) is 0 Å². The second-order valence-electron chi connectivity index (χ2n) is 2.08. The molecule has 0 atom stereocenters. The molecular formula is C10H16O. The highest BCUT2D eigenvalue weighted by molar-refractivity contribution is 5.24. The quantitative estimate of drug-likeness (QED) is 0.655. The molecule has 1 nitrogen and oxygen atoms in total. The summed E-state index contributed by atoms with van der Waals surface area (Å²) in [7, 11) is 0. The summed E-state index contributed by atoms with van der Waals surface area (Å²) < 4.78 is 0.